The molecule has 0 bridgehead atoms. The Labute approximate surface area is 188 Å². The van der Waals surface area contributed by atoms with Crippen LogP contribution in [0.1, 0.15) is 38.2 Å². The molecule has 1 fully saturated rings. The number of amides is 1. The Bertz CT molecular complexity index is 1060. The van der Waals surface area contributed by atoms with Crippen LogP contribution in [-0.2, 0) is 20.2 Å². The van der Waals surface area contributed by atoms with Crippen molar-refractivity contribution >= 4 is 21.6 Å². The molecule has 0 radical (unpaired) electrons. The van der Waals surface area contributed by atoms with Crippen molar-refractivity contribution in [2.24, 2.45) is 0 Å². The summed E-state index contributed by atoms with van der Waals surface area (Å²) < 4.78 is 54.8. The number of carbonyl (C=O) groups excluding carboxylic acids is 1. The van der Waals surface area contributed by atoms with Crippen molar-refractivity contribution in [2.75, 3.05) is 26.0 Å². The van der Waals surface area contributed by atoms with Gasteiger partial charge in [-0.15, -0.1) is 0 Å². The van der Waals surface area contributed by atoms with Gasteiger partial charge >= 0.3 is 0 Å². The van der Waals surface area contributed by atoms with Crippen molar-refractivity contribution in [3.8, 4) is 0 Å². The van der Waals surface area contributed by atoms with Gasteiger partial charge in [-0.25, -0.2) is 21.5 Å². The van der Waals surface area contributed by atoms with Gasteiger partial charge in [0.25, 0.3) is 0 Å². The summed E-state index contributed by atoms with van der Waals surface area (Å²) in [4.78, 5) is 12.8. The molecule has 1 unspecified atom stereocenters. The Balaban J connectivity index is 1.71. The standard InChI is InChI=1S/C23H29F2N3O3S/c1-16(22(29)27-17-8-6-9-18(14-17)32(30,31)28(2)3)26-15-23(12-4-5-13-23)21-19(24)10-7-11-20(21)25/h6-11,14,16,26H,4-5,12-13,15H2,1-3H3,(H,27,29). The van der Waals surface area contributed by atoms with E-state index in [-0.39, 0.29) is 22.9 Å². The monoisotopic (exact) mass is 465 g/mol. The number of carbonyl (C=O) groups is 1. The summed E-state index contributed by atoms with van der Waals surface area (Å²) in [6.07, 6.45) is 3.00. The van der Waals surface area contributed by atoms with Crippen LogP contribution in [-0.4, -0.2) is 45.3 Å². The molecule has 1 aliphatic rings. The molecule has 0 aliphatic heterocycles. The summed E-state index contributed by atoms with van der Waals surface area (Å²) in [5.41, 5.74) is -0.273. The molecule has 1 amide bonds. The average Bonchev–Trinajstić information content (AvgIpc) is 3.21. The lowest BCUT2D eigenvalue weighted by Gasteiger charge is -2.32. The molecule has 1 saturated carbocycles. The quantitative estimate of drug-likeness (QED) is 0.624. The van der Waals surface area contributed by atoms with Crippen LogP contribution in [0.15, 0.2) is 47.4 Å². The molecule has 2 aromatic rings. The summed E-state index contributed by atoms with van der Waals surface area (Å²) in [6, 6.07) is 9.24. The van der Waals surface area contributed by atoms with Crippen molar-refractivity contribution in [1.82, 2.24) is 9.62 Å². The number of sulfonamides is 1. The number of halogens is 2. The molecule has 174 valence electrons. The van der Waals surface area contributed by atoms with E-state index in [0.29, 0.717) is 18.5 Å². The van der Waals surface area contributed by atoms with E-state index in [9.17, 15) is 22.0 Å². The van der Waals surface area contributed by atoms with Gasteiger partial charge in [-0.2, -0.15) is 0 Å². The summed E-state index contributed by atoms with van der Waals surface area (Å²) in [6.45, 7) is 1.92. The maximum atomic E-state index is 14.5. The molecular formula is C23H29F2N3O3S. The van der Waals surface area contributed by atoms with E-state index in [4.69, 9.17) is 0 Å². The highest BCUT2D eigenvalue weighted by Gasteiger charge is 2.40. The highest BCUT2D eigenvalue weighted by molar-refractivity contribution is 7.89. The molecule has 1 atom stereocenters. The summed E-state index contributed by atoms with van der Waals surface area (Å²) in [5, 5.41) is 5.84. The molecular weight excluding hydrogens is 436 g/mol. The van der Waals surface area contributed by atoms with Crippen LogP contribution in [0.25, 0.3) is 0 Å². The first-order chi connectivity index (χ1) is 15.1. The Hall–Kier alpha value is -2.36. The van der Waals surface area contributed by atoms with Crippen LogP contribution in [0.3, 0.4) is 0 Å². The third-order valence-corrected chi connectivity index (χ3v) is 7.88. The van der Waals surface area contributed by atoms with Crippen LogP contribution in [0.2, 0.25) is 0 Å². The van der Waals surface area contributed by atoms with Crippen molar-refractivity contribution in [1.29, 1.82) is 0 Å². The molecule has 0 aromatic heterocycles. The number of rotatable bonds is 8. The average molecular weight is 466 g/mol. The van der Waals surface area contributed by atoms with Gasteiger partial charge in [0.05, 0.1) is 10.9 Å². The minimum Gasteiger partial charge on any atom is -0.325 e. The predicted molar refractivity (Wildman–Crippen MR) is 120 cm³/mol. The fraction of sp³-hybridized carbons (Fsp3) is 0.435. The first-order valence-electron chi connectivity index (χ1n) is 10.6. The first-order valence-corrected chi connectivity index (χ1v) is 12.0. The fourth-order valence-corrected chi connectivity index (χ4v) is 5.16. The lowest BCUT2D eigenvalue weighted by Crippen LogP contribution is -2.45. The highest BCUT2D eigenvalue weighted by Crippen LogP contribution is 2.42. The number of nitrogens with zero attached hydrogens (tertiary/aromatic N) is 1. The van der Waals surface area contributed by atoms with Crippen molar-refractivity contribution in [3.63, 3.8) is 0 Å². The van der Waals surface area contributed by atoms with E-state index < -0.39 is 33.1 Å². The molecule has 0 heterocycles. The number of hydrogen-bond acceptors (Lipinski definition) is 4. The molecule has 6 nitrogen and oxygen atoms in total. The van der Waals surface area contributed by atoms with E-state index in [0.717, 1.165) is 17.1 Å². The highest BCUT2D eigenvalue weighted by atomic mass is 32.2. The van der Waals surface area contributed by atoms with Crippen LogP contribution < -0.4 is 10.6 Å². The summed E-state index contributed by atoms with van der Waals surface area (Å²) in [5.74, 6) is -1.50. The molecule has 2 aromatic carbocycles. The van der Waals surface area contributed by atoms with Crippen molar-refractivity contribution < 1.29 is 22.0 Å². The molecule has 0 spiro atoms. The molecule has 1 aliphatic carbocycles. The van der Waals surface area contributed by atoms with Gasteiger partial charge in [-0.1, -0.05) is 25.0 Å². The second-order valence-electron chi connectivity index (χ2n) is 8.49. The van der Waals surface area contributed by atoms with Gasteiger partial charge in [-0.05, 0) is 50.1 Å². The van der Waals surface area contributed by atoms with E-state index in [1.165, 1.54) is 44.4 Å². The number of anilines is 1. The van der Waals surface area contributed by atoms with Gasteiger partial charge in [0, 0.05) is 37.3 Å². The van der Waals surface area contributed by atoms with Gasteiger partial charge < -0.3 is 10.6 Å². The van der Waals surface area contributed by atoms with Crippen LogP contribution >= 0.6 is 0 Å². The van der Waals surface area contributed by atoms with Crippen molar-refractivity contribution in [3.05, 3.63) is 59.7 Å². The minimum atomic E-state index is -3.63. The Morgan fingerprint density at radius 2 is 1.69 bits per heavy atom. The maximum Gasteiger partial charge on any atom is 0.242 e. The largest absolute Gasteiger partial charge is 0.325 e. The Morgan fingerprint density at radius 1 is 1.09 bits per heavy atom. The van der Waals surface area contributed by atoms with Gasteiger partial charge in [0.15, 0.2) is 0 Å². The molecule has 3 rings (SSSR count). The van der Waals surface area contributed by atoms with E-state index >= 15 is 0 Å². The topological polar surface area (TPSA) is 78.5 Å². The van der Waals surface area contributed by atoms with Gasteiger partial charge in [0.2, 0.25) is 15.9 Å². The zero-order valence-corrected chi connectivity index (χ0v) is 19.3. The van der Waals surface area contributed by atoms with E-state index in [1.807, 2.05) is 0 Å². The molecule has 2 N–H and O–H groups in total. The third-order valence-electron chi connectivity index (χ3n) is 6.07. The van der Waals surface area contributed by atoms with Crippen LogP contribution in [0.4, 0.5) is 14.5 Å². The number of hydrogen-bond donors (Lipinski definition) is 2. The molecule has 0 saturated heterocycles. The lowest BCUT2D eigenvalue weighted by molar-refractivity contribution is -0.117. The number of benzene rings is 2. The maximum absolute atomic E-state index is 14.5. The predicted octanol–water partition coefficient (Wildman–Crippen LogP) is 3.64. The first kappa shape index (κ1) is 24.3. The second-order valence-corrected chi connectivity index (χ2v) is 10.6. The lowest BCUT2D eigenvalue weighted by atomic mass is 9.78. The zero-order chi connectivity index (χ0) is 23.5. The molecule has 32 heavy (non-hydrogen) atoms. The van der Waals surface area contributed by atoms with E-state index in [1.54, 1.807) is 19.1 Å². The van der Waals surface area contributed by atoms with Gasteiger partial charge in [-0.3, -0.25) is 4.79 Å². The zero-order valence-electron chi connectivity index (χ0n) is 18.5. The smallest absolute Gasteiger partial charge is 0.242 e. The summed E-state index contributed by atoms with van der Waals surface area (Å²) in [7, 11) is -0.760. The van der Waals surface area contributed by atoms with Crippen molar-refractivity contribution in [2.45, 2.75) is 49.0 Å². The fourth-order valence-electron chi connectivity index (χ4n) is 4.21. The van der Waals surface area contributed by atoms with Gasteiger partial charge in [0.1, 0.15) is 11.6 Å². The minimum absolute atomic E-state index is 0.0702. The molecule has 9 heteroatoms. The number of nitrogens with one attached hydrogen (secondary N) is 2. The third kappa shape index (κ3) is 5.00. The van der Waals surface area contributed by atoms with E-state index in [2.05, 4.69) is 10.6 Å². The second kappa shape index (κ2) is 9.64. The summed E-state index contributed by atoms with van der Waals surface area (Å²) >= 11 is 0. The van der Waals surface area contributed by atoms with Crippen LogP contribution in [0.5, 0.6) is 0 Å². The van der Waals surface area contributed by atoms with Crippen LogP contribution in [0, 0.1) is 11.6 Å². The normalized spacial score (nSPS) is 16.8. The SMILES string of the molecule is CC(NCC1(c2c(F)cccc2F)CCCC1)C(=O)Nc1cccc(S(=O)(=O)N(C)C)c1. The Morgan fingerprint density at radius 3 is 2.28 bits per heavy atom. The Kier molecular flexibility index (Phi) is 7.32.